The summed E-state index contributed by atoms with van der Waals surface area (Å²) in [7, 11) is 0. The summed E-state index contributed by atoms with van der Waals surface area (Å²) in [6.07, 6.45) is 1.45. The molecule has 20 heavy (non-hydrogen) atoms. The third-order valence-corrected chi connectivity index (χ3v) is 2.99. The van der Waals surface area contributed by atoms with Gasteiger partial charge in [-0.3, -0.25) is 10.1 Å². The van der Waals surface area contributed by atoms with Crippen LogP contribution >= 0.6 is 11.6 Å². The lowest BCUT2D eigenvalue weighted by molar-refractivity contribution is 0.102. The van der Waals surface area contributed by atoms with E-state index in [9.17, 15) is 4.79 Å². The molecule has 0 aliphatic heterocycles. The second-order valence-electron chi connectivity index (χ2n) is 3.97. The largest absolute Gasteiger partial charge is 0.382 e. The van der Waals surface area contributed by atoms with Gasteiger partial charge in [-0.1, -0.05) is 23.7 Å². The second-order valence-corrected chi connectivity index (χ2v) is 4.37. The summed E-state index contributed by atoms with van der Waals surface area (Å²) >= 11 is 5.95. The number of nitrogens with two attached hydrogens (primary N) is 1. The number of benzene rings is 1. The number of halogens is 1. The van der Waals surface area contributed by atoms with Crippen molar-refractivity contribution in [1.82, 2.24) is 19.9 Å². The normalized spacial score (nSPS) is 10.7. The summed E-state index contributed by atoms with van der Waals surface area (Å²) in [5.41, 5.74) is 6.99. The van der Waals surface area contributed by atoms with E-state index in [0.29, 0.717) is 21.7 Å². The van der Waals surface area contributed by atoms with Crippen molar-refractivity contribution in [2.24, 2.45) is 0 Å². The first-order valence-corrected chi connectivity index (χ1v) is 6.05. The maximum absolute atomic E-state index is 12.1. The van der Waals surface area contributed by atoms with E-state index in [-0.39, 0.29) is 11.8 Å². The molecule has 0 radical (unpaired) electrons. The van der Waals surface area contributed by atoms with Gasteiger partial charge in [0.1, 0.15) is 5.52 Å². The van der Waals surface area contributed by atoms with E-state index < -0.39 is 5.91 Å². The summed E-state index contributed by atoms with van der Waals surface area (Å²) in [4.78, 5) is 26.9. The monoisotopic (exact) mass is 288 g/mol. The summed E-state index contributed by atoms with van der Waals surface area (Å²) in [5.74, 6) is -0.126. The zero-order valence-corrected chi connectivity index (χ0v) is 10.8. The standard InChI is InChI=1S/C12H9ClN6O/c13-7-4-2-1-3-6(7)11(20)19-12-17-9(14)8-10(18-12)16-5-15-8/h1-5H,(H4,14,15,16,17,18,19,20). The van der Waals surface area contributed by atoms with Crippen molar-refractivity contribution < 1.29 is 4.79 Å². The van der Waals surface area contributed by atoms with Crippen molar-refractivity contribution in [3.05, 3.63) is 41.2 Å². The van der Waals surface area contributed by atoms with Crippen molar-refractivity contribution in [1.29, 1.82) is 0 Å². The number of fused-ring (bicyclic) bond motifs is 1. The summed E-state index contributed by atoms with van der Waals surface area (Å²) in [6, 6.07) is 6.69. The fraction of sp³-hybridized carbons (Fsp3) is 0. The van der Waals surface area contributed by atoms with Gasteiger partial charge in [-0.15, -0.1) is 0 Å². The van der Waals surface area contributed by atoms with Crippen LogP contribution in [-0.4, -0.2) is 25.8 Å². The molecule has 1 aromatic carbocycles. The number of aromatic nitrogens is 4. The Morgan fingerprint density at radius 2 is 2.10 bits per heavy atom. The molecule has 0 saturated heterocycles. The number of imidazole rings is 1. The van der Waals surface area contributed by atoms with E-state index in [1.54, 1.807) is 24.3 Å². The molecule has 0 fully saturated rings. The van der Waals surface area contributed by atoms with Crippen LogP contribution in [-0.2, 0) is 0 Å². The average molecular weight is 289 g/mol. The molecule has 3 aromatic rings. The number of carbonyl (C=O) groups excluding carboxylic acids is 1. The summed E-state index contributed by atoms with van der Waals surface area (Å²) in [6.45, 7) is 0. The zero-order chi connectivity index (χ0) is 14.1. The average Bonchev–Trinajstić information content (AvgIpc) is 2.88. The molecular formula is C12H9ClN6O. The van der Waals surface area contributed by atoms with Gasteiger partial charge in [0.15, 0.2) is 11.5 Å². The zero-order valence-electron chi connectivity index (χ0n) is 10.1. The van der Waals surface area contributed by atoms with Gasteiger partial charge in [0.25, 0.3) is 5.91 Å². The molecule has 0 aliphatic carbocycles. The minimum atomic E-state index is -0.412. The summed E-state index contributed by atoms with van der Waals surface area (Å²) < 4.78 is 0. The number of nitrogens with one attached hydrogen (secondary N) is 2. The molecule has 0 atom stereocenters. The van der Waals surface area contributed by atoms with E-state index >= 15 is 0 Å². The molecule has 1 amide bonds. The van der Waals surface area contributed by atoms with Crippen LogP contribution in [0.2, 0.25) is 5.02 Å². The quantitative estimate of drug-likeness (QED) is 0.666. The highest BCUT2D eigenvalue weighted by atomic mass is 35.5. The lowest BCUT2D eigenvalue weighted by Crippen LogP contribution is -2.15. The molecule has 0 saturated carbocycles. The number of H-pyrrole nitrogens is 1. The van der Waals surface area contributed by atoms with Gasteiger partial charge >= 0.3 is 0 Å². The number of hydrogen-bond donors (Lipinski definition) is 3. The van der Waals surface area contributed by atoms with Gasteiger partial charge in [0.05, 0.1) is 16.9 Å². The highest BCUT2D eigenvalue weighted by molar-refractivity contribution is 6.34. The number of rotatable bonds is 2. The van der Waals surface area contributed by atoms with Crippen LogP contribution in [0.3, 0.4) is 0 Å². The van der Waals surface area contributed by atoms with Gasteiger partial charge in [-0.25, -0.2) is 4.98 Å². The molecular weight excluding hydrogens is 280 g/mol. The Morgan fingerprint density at radius 3 is 2.90 bits per heavy atom. The van der Waals surface area contributed by atoms with Crippen LogP contribution in [0.15, 0.2) is 30.6 Å². The SMILES string of the molecule is Nc1nc(NC(=O)c2ccccc2Cl)nc2nc[nH]c12. The van der Waals surface area contributed by atoms with Crippen LogP contribution in [0.4, 0.5) is 11.8 Å². The Balaban J connectivity index is 1.93. The summed E-state index contributed by atoms with van der Waals surface area (Å²) in [5, 5.41) is 2.89. The Kier molecular flexibility index (Phi) is 2.96. The van der Waals surface area contributed by atoms with Crippen LogP contribution in [0.5, 0.6) is 0 Å². The number of aromatic amines is 1. The highest BCUT2D eigenvalue weighted by Gasteiger charge is 2.13. The maximum Gasteiger partial charge on any atom is 0.259 e. The topological polar surface area (TPSA) is 110 Å². The molecule has 100 valence electrons. The molecule has 0 unspecified atom stereocenters. The minimum Gasteiger partial charge on any atom is -0.382 e. The Hall–Kier alpha value is -2.67. The van der Waals surface area contributed by atoms with E-state index in [4.69, 9.17) is 17.3 Å². The number of nitrogens with zero attached hydrogens (tertiary/aromatic N) is 3. The molecule has 2 heterocycles. The Labute approximate surface area is 118 Å². The molecule has 4 N–H and O–H groups in total. The van der Waals surface area contributed by atoms with E-state index in [2.05, 4.69) is 25.3 Å². The molecule has 0 bridgehead atoms. The number of amides is 1. The first-order chi connectivity index (χ1) is 9.65. The minimum absolute atomic E-state index is 0.0759. The van der Waals surface area contributed by atoms with Gasteiger partial charge < -0.3 is 10.7 Å². The van der Waals surface area contributed by atoms with Gasteiger partial charge in [-0.2, -0.15) is 9.97 Å². The van der Waals surface area contributed by atoms with E-state index in [1.807, 2.05) is 0 Å². The molecule has 3 rings (SSSR count). The molecule has 2 aromatic heterocycles. The smallest absolute Gasteiger partial charge is 0.259 e. The number of hydrogen-bond acceptors (Lipinski definition) is 5. The Morgan fingerprint density at radius 1 is 1.30 bits per heavy atom. The molecule has 0 aliphatic rings. The number of anilines is 2. The van der Waals surface area contributed by atoms with Crippen molar-refractivity contribution in [2.45, 2.75) is 0 Å². The lowest BCUT2D eigenvalue weighted by atomic mass is 10.2. The van der Waals surface area contributed by atoms with Crippen molar-refractivity contribution in [2.75, 3.05) is 11.1 Å². The van der Waals surface area contributed by atoms with Crippen molar-refractivity contribution >= 4 is 40.4 Å². The predicted octanol–water partition coefficient (Wildman–Crippen LogP) is 1.84. The van der Waals surface area contributed by atoms with E-state index in [0.717, 1.165) is 0 Å². The van der Waals surface area contributed by atoms with Gasteiger partial charge in [-0.05, 0) is 12.1 Å². The van der Waals surface area contributed by atoms with Crippen LogP contribution in [0.1, 0.15) is 10.4 Å². The van der Waals surface area contributed by atoms with Crippen molar-refractivity contribution in [3.63, 3.8) is 0 Å². The van der Waals surface area contributed by atoms with Gasteiger partial charge in [0, 0.05) is 0 Å². The molecule has 8 heteroatoms. The fourth-order valence-electron chi connectivity index (χ4n) is 1.73. The Bertz CT molecular complexity index is 799. The number of nitrogen functional groups attached to an aromatic ring is 1. The van der Waals surface area contributed by atoms with Crippen molar-refractivity contribution in [3.8, 4) is 0 Å². The molecule has 0 spiro atoms. The molecule has 7 nitrogen and oxygen atoms in total. The third-order valence-electron chi connectivity index (χ3n) is 2.66. The van der Waals surface area contributed by atoms with Gasteiger partial charge in [0.2, 0.25) is 5.95 Å². The first kappa shape index (κ1) is 12.4. The van der Waals surface area contributed by atoms with Crippen LogP contribution in [0, 0.1) is 0 Å². The fourth-order valence-corrected chi connectivity index (χ4v) is 1.95. The second kappa shape index (κ2) is 4.78. The maximum atomic E-state index is 12.1. The third kappa shape index (κ3) is 2.14. The van der Waals surface area contributed by atoms with E-state index in [1.165, 1.54) is 6.33 Å². The number of carbonyl (C=O) groups is 1. The first-order valence-electron chi connectivity index (χ1n) is 5.67. The lowest BCUT2D eigenvalue weighted by Gasteiger charge is -2.05. The van der Waals surface area contributed by atoms with Crippen LogP contribution < -0.4 is 11.1 Å². The van der Waals surface area contributed by atoms with Crippen LogP contribution in [0.25, 0.3) is 11.2 Å². The predicted molar refractivity (Wildman–Crippen MR) is 75.5 cm³/mol. The highest BCUT2D eigenvalue weighted by Crippen LogP contribution is 2.18.